The molecular formula is C27H26F2N4O3. The highest BCUT2D eigenvalue weighted by atomic mass is 19.3. The summed E-state index contributed by atoms with van der Waals surface area (Å²) in [5.74, 6) is 2.08. The Labute approximate surface area is 207 Å². The number of nitriles is 1. The lowest BCUT2D eigenvalue weighted by Crippen LogP contribution is -2.46. The van der Waals surface area contributed by atoms with E-state index in [1.54, 1.807) is 24.4 Å². The van der Waals surface area contributed by atoms with Gasteiger partial charge in [-0.3, -0.25) is 0 Å². The van der Waals surface area contributed by atoms with Gasteiger partial charge in [-0.15, -0.1) is 0 Å². The fourth-order valence-corrected chi connectivity index (χ4v) is 5.64. The normalized spacial score (nSPS) is 23.2. The Morgan fingerprint density at radius 1 is 1.08 bits per heavy atom. The second kappa shape index (κ2) is 9.51. The molecule has 0 spiro atoms. The van der Waals surface area contributed by atoms with E-state index in [4.69, 9.17) is 19.3 Å². The third-order valence-electron chi connectivity index (χ3n) is 7.42. The van der Waals surface area contributed by atoms with Crippen LogP contribution in [0, 0.1) is 11.3 Å². The number of para-hydroxylation sites is 1. The molecule has 2 bridgehead atoms. The number of benzene rings is 1. The van der Waals surface area contributed by atoms with Crippen LogP contribution in [0.2, 0.25) is 0 Å². The molecule has 7 nitrogen and oxygen atoms in total. The fraction of sp³-hybridized carbons (Fsp3) is 0.444. The van der Waals surface area contributed by atoms with Gasteiger partial charge in [-0.2, -0.15) is 14.0 Å². The van der Waals surface area contributed by atoms with Crippen LogP contribution in [0.3, 0.4) is 0 Å². The van der Waals surface area contributed by atoms with Crippen LogP contribution in [0.25, 0.3) is 11.3 Å². The zero-order valence-electron chi connectivity index (χ0n) is 19.6. The zero-order chi connectivity index (χ0) is 24.6. The average molecular weight is 493 g/mol. The Kier molecular flexibility index (Phi) is 6.05. The van der Waals surface area contributed by atoms with Crippen molar-refractivity contribution >= 4 is 5.82 Å². The molecule has 3 fully saturated rings. The first-order valence-electron chi connectivity index (χ1n) is 12.4. The van der Waals surface area contributed by atoms with Crippen molar-refractivity contribution < 1.29 is 22.8 Å². The minimum atomic E-state index is -2.92. The van der Waals surface area contributed by atoms with Gasteiger partial charge in [0.25, 0.3) is 0 Å². The summed E-state index contributed by atoms with van der Waals surface area (Å²) in [7, 11) is 0. The van der Waals surface area contributed by atoms with E-state index >= 15 is 0 Å². The van der Waals surface area contributed by atoms with Gasteiger partial charge in [-0.1, -0.05) is 17.3 Å². The second-order valence-corrected chi connectivity index (χ2v) is 9.74. The van der Waals surface area contributed by atoms with Crippen molar-refractivity contribution in [3.8, 4) is 23.1 Å². The van der Waals surface area contributed by atoms with E-state index in [0.717, 1.165) is 55.7 Å². The lowest BCUT2D eigenvalue weighted by molar-refractivity contribution is -0.0494. The summed E-state index contributed by atoms with van der Waals surface area (Å²) in [5, 5.41) is 13.3. The van der Waals surface area contributed by atoms with Crippen LogP contribution in [0.5, 0.6) is 5.75 Å². The molecule has 36 heavy (non-hydrogen) atoms. The lowest BCUT2D eigenvalue weighted by Gasteiger charge is -2.39. The largest absolute Gasteiger partial charge is 0.434 e. The highest BCUT2D eigenvalue weighted by Gasteiger charge is 2.42. The molecule has 0 N–H and O–H groups in total. The number of ether oxygens (including phenoxy) is 2. The molecule has 2 unspecified atom stereocenters. The molecule has 0 amide bonds. The van der Waals surface area contributed by atoms with Crippen molar-refractivity contribution in [2.45, 2.75) is 75.8 Å². The number of rotatable bonds is 8. The summed E-state index contributed by atoms with van der Waals surface area (Å²) >= 11 is 0. The molecule has 186 valence electrons. The van der Waals surface area contributed by atoms with Crippen molar-refractivity contribution in [1.82, 2.24) is 10.1 Å². The van der Waals surface area contributed by atoms with Crippen LogP contribution in [0.1, 0.15) is 61.3 Å². The van der Waals surface area contributed by atoms with Gasteiger partial charge in [0, 0.05) is 35.3 Å². The third-order valence-corrected chi connectivity index (χ3v) is 7.42. The molecule has 3 aromatic rings. The number of fused-ring (bicyclic) bond motifs is 2. The quantitative estimate of drug-likeness (QED) is 0.393. The van der Waals surface area contributed by atoms with Gasteiger partial charge in [0.15, 0.2) is 0 Å². The van der Waals surface area contributed by atoms with Crippen LogP contribution in [0.15, 0.2) is 47.1 Å². The molecule has 1 aromatic carbocycles. The first-order chi connectivity index (χ1) is 17.6. The predicted molar refractivity (Wildman–Crippen MR) is 127 cm³/mol. The van der Waals surface area contributed by atoms with Crippen LogP contribution < -0.4 is 9.64 Å². The maximum Gasteiger partial charge on any atom is 0.387 e. The van der Waals surface area contributed by atoms with Gasteiger partial charge < -0.3 is 18.9 Å². The molecule has 0 radical (unpaired) electrons. The van der Waals surface area contributed by atoms with E-state index < -0.39 is 6.61 Å². The standard InChI is InChI=1S/C27H26F2N4O3/c28-27(29)35-23-4-2-1-3-21(23)25-22(26(36-32-25)17-6-7-17)15-34-20-11-18-8-9-19(12-20)33(18)24-10-5-16(13-30)14-31-24/h1-5,10,14,17-20,27H,6-9,11-12,15H2. The topological polar surface area (TPSA) is 84.4 Å². The maximum absolute atomic E-state index is 13.0. The van der Waals surface area contributed by atoms with Crippen LogP contribution in [-0.4, -0.2) is 34.9 Å². The summed E-state index contributed by atoms with van der Waals surface area (Å²) in [6.07, 6.45) is 7.66. The predicted octanol–water partition coefficient (Wildman–Crippen LogP) is 5.80. The molecule has 2 aromatic heterocycles. The van der Waals surface area contributed by atoms with Crippen molar-refractivity contribution in [2.75, 3.05) is 4.90 Å². The third kappa shape index (κ3) is 4.42. The first-order valence-corrected chi connectivity index (χ1v) is 12.4. The molecule has 4 heterocycles. The Balaban J connectivity index is 1.19. The number of pyridine rings is 1. The van der Waals surface area contributed by atoms with E-state index in [0.29, 0.717) is 41.4 Å². The number of aromatic nitrogens is 2. The van der Waals surface area contributed by atoms with Crippen molar-refractivity contribution in [1.29, 1.82) is 5.26 Å². The minimum Gasteiger partial charge on any atom is -0.434 e. The molecular weight excluding hydrogens is 466 g/mol. The SMILES string of the molecule is N#Cc1ccc(N2C3CCC2CC(OCc2c(-c4ccccc4OC(F)F)noc2C2CC2)C3)nc1. The zero-order valence-corrected chi connectivity index (χ0v) is 19.6. The number of hydrogen-bond acceptors (Lipinski definition) is 7. The minimum absolute atomic E-state index is 0.0690. The molecule has 1 saturated carbocycles. The number of hydrogen-bond donors (Lipinski definition) is 0. The molecule has 1 aliphatic carbocycles. The van der Waals surface area contributed by atoms with E-state index in [9.17, 15) is 8.78 Å². The summed E-state index contributed by atoms with van der Waals surface area (Å²) < 4.78 is 42.9. The molecule has 2 aliphatic heterocycles. The maximum atomic E-state index is 13.0. The number of piperidine rings is 1. The van der Waals surface area contributed by atoms with Crippen LogP contribution in [0.4, 0.5) is 14.6 Å². The highest BCUT2D eigenvalue weighted by molar-refractivity contribution is 5.70. The number of alkyl halides is 2. The van der Waals surface area contributed by atoms with Crippen LogP contribution in [-0.2, 0) is 11.3 Å². The summed E-state index contributed by atoms with van der Waals surface area (Å²) in [6, 6.07) is 13.2. The van der Waals surface area contributed by atoms with Crippen molar-refractivity contribution in [3.63, 3.8) is 0 Å². The first kappa shape index (κ1) is 22.9. The molecule has 2 atom stereocenters. The van der Waals surface area contributed by atoms with Crippen LogP contribution >= 0.6 is 0 Å². The number of anilines is 1. The van der Waals surface area contributed by atoms with Crippen molar-refractivity contribution in [2.24, 2.45) is 0 Å². The Morgan fingerprint density at radius 3 is 2.53 bits per heavy atom. The molecule has 9 heteroatoms. The Morgan fingerprint density at radius 2 is 1.86 bits per heavy atom. The summed E-state index contributed by atoms with van der Waals surface area (Å²) in [6.45, 7) is -2.61. The van der Waals surface area contributed by atoms with Gasteiger partial charge in [-0.25, -0.2) is 4.98 Å². The van der Waals surface area contributed by atoms with Gasteiger partial charge in [0.05, 0.1) is 18.3 Å². The second-order valence-electron chi connectivity index (χ2n) is 9.74. The monoisotopic (exact) mass is 492 g/mol. The summed E-state index contributed by atoms with van der Waals surface area (Å²) in [4.78, 5) is 6.89. The molecule has 2 saturated heterocycles. The molecule has 6 rings (SSSR count). The highest BCUT2D eigenvalue weighted by Crippen LogP contribution is 2.46. The van der Waals surface area contributed by atoms with Gasteiger partial charge >= 0.3 is 6.61 Å². The fourth-order valence-electron chi connectivity index (χ4n) is 5.64. The van der Waals surface area contributed by atoms with E-state index in [-0.39, 0.29) is 11.9 Å². The van der Waals surface area contributed by atoms with E-state index in [1.807, 2.05) is 12.1 Å². The average Bonchev–Trinajstić information content (AvgIpc) is 3.59. The van der Waals surface area contributed by atoms with Gasteiger partial charge in [0.1, 0.15) is 29.1 Å². The Bertz CT molecular complexity index is 1250. The van der Waals surface area contributed by atoms with E-state index in [1.165, 1.54) is 6.07 Å². The summed E-state index contributed by atoms with van der Waals surface area (Å²) in [5.41, 5.74) is 2.37. The smallest absolute Gasteiger partial charge is 0.387 e. The number of halogens is 2. The Hall–Kier alpha value is -3.51. The van der Waals surface area contributed by atoms with Gasteiger partial charge in [0.2, 0.25) is 0 Å². The van der Waals surface area contributed by atoms with Gasteiger partial charge in [-0.05, 0) is 62.8 Å². The van der Waals surface area contributed by atoms with Crippen molar-refractivity contribution in [3.05, 3.63) is 59.5 Å². The number of nitrogens with zero attached hydrogens (tertiary/aromatic N) is 4. The molecule has 3 aliphatic rings. The lowest BCUT2D eigenvalue weighted by atomic mass is 9.99. The van der Waals surface area contributed by atoms with E-state index in [2.05, 4.69) is 21.1 Å².